The van der Waals surface area contributed by atoms with Gasteiger partial charge in [-0.3, -0.25) is 4.79 Å². The van der Waals surface area contributed by atoms with E-state index in [2.05, 4.69) is 21.2 Å². The van der Waals surface area contributed by atoms with E-state index in [9.17, 15) is 13.6 Å². The first-order valence-corrected chi connectivity index (χ1v) is 6.97. The minimum Gasteiger partial charge on any atom is -0.349 e. The molecule has 2 unspecified atom stereocenters. The lowest BCUT2D eigenvalue weighted by Gasteiger charge is -2.19. The van der Waals surface area contributed by atoms with Crippen molar-refractivity contribution in [1.82, 2.24) is 5.32 Å². The Kier molecular flexibility index (Phi) is 4.52. The Morgan fingerprint density at radius 2 is 2.00 bits per heavy atom. The van der Waals surface area contributed by atoms with Crippen LogP contribution in [0.3, 0.4) is 0 Å². The summed E-state index contributed by atoms with van der Waals surface area (Å²) in [6.07, 6.45) is 2.71. The first-order chi connectivity index (χ1) is 9.02. The van der Waals surface area contributed by atoms with Crippen LogP contribution >= 0.6 is 15.9 Å². The molecule has 1 aliphatic rings. The van der Waals surface area contributed by atoms with Crippen molar-refractivity contribution in [3.8, 4) is 0 Å². The maximum atomic E-state index is 13.7. The van der Waals surface area contributed by atoms with Gasteiger partial charge in [0.25, 0.3) is 5.91 Å². The molecule has 1 aliphatic carbocycles. The highest BCUT2D eigenvalue weighted by Gasteiger charge is 2.29. The fourth-order valence-corrected chi connectivity index (χ4v) is 2.91. The second-order valence-electron chi connectivity index (χ2n) is 4.75. The fourth-order valence-electron chi connectivity index (χ4n) is 2.51. The quantitative estimate of drug-likeness (QED) is 0.893. The molecule has 1 fully saturated rings. The van der Waals surface area contributed by atoms with Gasteiger partial charge >= 0.3 is 0 Å². The van der Waals surface area contributed by atoms with E-state index in [0.717, 1.165) is 31.4 Å². The van der Waals surface area contributed by atoms with Crippen molar-refractivity contribution in [3.05, 3.63) is 33.8 Å². The van der Waals surface area contributed by atoms with Crippen LogP contribution in [0.25, 0.3) is 0 Å². The summed E-state index contributed by atoms with van der Waals surface area (Å²) in [6.45, 7) is 0.469. The summed E-state index contributed by atoms with van der Waals surface area (Å²) in [5.41, 5.74) is 5.08. The third-order valence-corrected chi connectivity index (χ3v) is 3.97. The molecule has 104 valence electrons. The van der Waals surface area contributed by atoms with Crippen molar-refractivity contribution in [2.75, 3.05) is 6.54 Å². The molecule has 0 aromatic heterocycles. The third kappa shape index (κ3) is 3.12. The van der Waals surface area contributed by atoms with E-state index in [1.807, 2.05) is 0 Å². The Balaban J connectivity index is 2.16. The summed E-state index contributed by atoms with van der Waals surface area (Å²) in [5.74, 6) is -2.27. The SMILES string of the molecule is NCC1CCCC1NC(=O)c1c(F)cc(Br)cc1F. The van der Waals surface area contributed by atoms with Crippen molar-refractivity contribution in [3.63, 3.8) is 0 Å². The van der Waals surface area contributed by atoms with Gasteiger partial charge in [0.1, 0.15) is 17.2 Å². The average molecular weight is 333 g/mol. The van der Waals surface area contributed by atoms with Gasteiger partial charge in [0, 0.05) is 10.5 Å². The number of nitrogens with two attached hydrogens (primary N) is 1. The molecule has 0 aliphatic heterocycles. The standard InChI is InChI=1S/C13H15BrF2N2O/c14-8-4-9(15)12(10(16)5-8)13(19)18-11-3-1-2-7(11)6-17/h4-5,7,11H,1-3,6,17H2,(H,18,19). The zero-order chi connectivity index (χ0) is 14.0. The van der Waals surface area contributed by atoms with Crippen molar-refractivity contribution < 1.29 is 13.6 Å². The van der Waals surface area contributed by atoms with Crippen LogP contribution in [-0.2, 0) is 0 Å². The zero-order valence-corrected chi connectivity index (χ0v) is 11.8. The van der Waals surface area contributed by atoms with E-state index < -0.39 is 23.1 Å². The van der Waals surface area contributed by atoms with Crippen molar-refractivity contribution in [2.45, 2.75) is 25.3 Å². The number of benzene rings is 1. The summed E-state index contributed by atoms with van der Waals surface area (Å²) >= 11 is 2.98. The van der Waals surface area contributed by atoms with Crippen molar-refractivity contribution >= 4 is 21.8 Å². The molecule has 0 radical (unpaired) electrons. The van der Waals surface area contributed by atoms with Gasteiger partial charge in [-0.05, 0) is 37.4 Å². The van der Waals surface area contributed by atoms with Crippen LogP contribution in [0.1, 0.15) is 29.6 Å². The van der Waals surface area contributed by atoms with Gasteiger partial charge in [0.05, 0.1) is 0 Å². The lowest BCUT2D eigenvalue weighted by atomic mass is 10.0. The zero-order valence-electron chi connectivity index (χ0n) is 10.3. The Labute approximate surface area is 118 Å². The largest absolute Gasteiger partial charge is 0.349 e. The van der Waals surface area contributed by atoms with Crippen LogP contribution in [0.5, 0.6) is 0 Å². The molecule has 3 N–H and O–H groups in total. The molecule has 19 heavy (non-hydrogen) atoms. The Bertz CT molecular complexity index is 473. The number of hydrogen-bond donors (Lipinski definition) is 2. The Morgan fingerprint density at radius 3 is 2.58 bits per heavy atom. The summed E-state index contributed by atoms with van der Waals surface area (Å²) in [7, 11) is 0. The first-order valence-electron chi connectivity index (χ1n) is 6.18. The predicted molar refractivity (Wildman–Crippen MR) is 71.7 cm³/mol. The number of nitrogens with one attached hydrogen (secondary N) is 1. The van der Waals surface area contributed by atoms with Gasteiger partial charge in [-0.1, -0.05) is 22.4 Å². The molecule has 6 heteroatoms. The predicted octanol–water partition coefficient (Wildman–Crippen LogP) is 2.58. The molecular weight excluding hydrogens is 318 g/mol. The molecule has 0 bridgehead atoms. The Morgan fingerprint density at radius 1 is 1.37 bits per heavy atom. The maximum absolute atomic E-state index is 13.7. The molecule has 0 saturated heterocycles. The fraction of sp³-hybridized carbons (Fsp3) is 0.462. The second kappa shape index (κ2) is 5.96. The Hall–Kier alpha value is -1.01. The molecule has 3 nitrogen and oxygen atoms in total. The number of amides is 1. The van der Waals surface area contributed by atoms with Crippen LogP contribution in [-0.4, -0.2) is 18.5 Å². The van der Waals surface area contributed by atoms with Gasteiger partial charge in [0.15, 0.2) is 0 Å². The van der Waals surface area contributed by atoms with E-state index in [-0.39, 0.29) is 16.4 Å². The molecule has 2 atom stereocenters. The topological polar surface area (TPSA) is 55.1 Å². The summed E-state index contributed by atoms with van der Waals surface area (Å²) in [4.78, 5) is 12.0. The third-order valence-electron chi connectivity index (χ3n) is 3.51. The normalized spacial score (nSPS) is 22.5. The van der Waals surface area contributed by atoms with E-state index >= 15 is 0 Å². The van der Waals surface area contributed by atoms with Gasteiger partial charge in [-0.25, -0.2) is 8.78 Å². The van der Waals surface area contributed by atoms with Crippen LogP contribution in [0.2, 0.25) is 0 Å². The van der Waals surface area contributed by atoms with E-state index in [4.69, 9.17) is 5.73 Å². The molecule has 0 spiro atoms. The van der Waals surface area contributed by atoms with Gasteiger partial charge < -0.3 is 11.1 Å². The van der Waals surface area contributed by atoms with Crippen molar-refractivity contribution in [2.24, 2.45) is 11.7 Å². The minimum absolute atomic E-state index is 0.0973. The number of carbonyl (C=O) groups excluding carboxylic acids is 1. The minimum atomic E-state index is -0.869. The monoisotopic (exact) mass is 332 g/mol. The van der Waals surface area contributed by atoms with Crippen LogP contribution in [0.4, 0.5) is 8.78 Å². The molecule has 1 saturated carbocycles. The number of halogens is 3. The van der Waals surface area contributed by atoms with Gasteiger partial charge in [-0.15, -0.1) is 0 Å². The van der Waals surface area contributed by atoms with Crippen LogP contribution < -0.4 is 11.1 Å². The summed E-state index contributed by atoms with van der Waals surface area (Å²) in [5, 5.41) is 2.68. The molecule has 0 heterocycles. The highest BCUT2D eigenvalue weighted by molar-refractivity contribution is 9.10. The molecular formula is C13H15BrF2N2O. The number of rotatable bonds is 3. The average Bonchev–Trinajstić information content (AvgIpc) is 2.74. The molecule has 2 rings (SSSR count). The van der Waals surface area contributed by atoms with E-state index in [1.54, 1.807) is 0 Å². The highest BCUT2D eigenvalue weighted by Crippen LogP contribution is 2.26. The van der Waals surface area contributed by atoms with Crippen molar-refractivity contribution in [1.29, 1.82) is 0 Å². The second-order valence-corrected chi connectivity index (χ2v) is 5.67. The lowest BCUT2D eigenvalue weighted by molar-refractivity contribution is 0.0920. The molecule has 1 amide bonds. The number of hydrogen-bond acceptors (Lipinski definition) is 2. The summed E-state index contributed by atoms with van der Waals surface area (Å²) < 4.78 is 27.6. The molecule has 1 aromatic rings. The van der Waals surface area contributed by atoms with Gasteiger partial charge in [-0.2, -0.15) is 0 Å². The van der Waals surface area contributed by atoms with Gasteiger partial charge in [0.2, 0.25) is 0 Å². The van der Waals surface area contributed by atoms with E-state index in [1.165, 1.54) is 0 Å². The maximum Gasteiger partial charge on any atom is 0.257 e. The smallest absolute Gasteiger partial charge is 0.257 e. The molecule has 1 aromatic carbocycles. The first kappa shape index (κ1) is 14.4. The lowest BCUT2D eigenvalue weighted by Crippen LogP contribution is -2.40. The van der Waals surface area contributed by atoms with Crippen LogP contribution in [0, 0.1) is 17.6 Å². The number of carbonyl (C=O) groups is 1. The summed E-state index contributed by atoms with van der Waals surface area (Å²) in [6, 6.07) is 2.06. The van der Waals surface area contributed by atoms with Crippen LogP contribution in [0.15, 0.2) is 16.6 Å². The van der Waals surface area contributed by atoms with E-state index in [0.29, 0.717) is 6.54 Å². The highest BCUT2D eigenvalue weighted by atomic mass is 79.9.